The average molecular weight is 233 g/mol. The summed E-state index contributed by atoms with van der Waals surface area (Å²) >= 11 is 0. The predicted octanol–water partition coefficient (Wildman–Crippen LogP) is 1.80. The van der Waals surface area contributed by atoms with Gasteiger partial charge in [-0.15, -0.1) is 0 Å². The third-order valence-corrected chi connectivity index (χ3v) is 2.72. The summed E-state index contributed by atoms with van der Waals surface area (Å²) in [4.78, 5) is 8.68. The normalized spacial score (nSPS) is 14.3. The van der Waals surface area contributed by atoms with Crippen LogP contribution >= 0.6 is 0 Å². The Labute approximate surface area is 102 Å². The van der Waals surface area contributed by atoms with Crippen LogP contribution in [0.4, 0.5) is 0 Å². The fourth-order valence-corrected chi connectivity index (χ4v) is 1.78. The number of aryl methyl sites for hydroxylation is 1. The molecule has 0 aromatic carbocycles. The molecule has 0 spiro atoms. The lowest BCUT2D eigenvalue weighted by molar-refractivity contribution is 0.366. The third-order valence-electron chi connectivity index (χ3n) is 2.72. The molecule has 0 bridgehead atoms. The molecule has 0 fully saturated rings. The SMILES string of the molecule is CCCCc1ncccc1OCC1=NCCN1. The topological polar surface area (TPSA) is 46.5 Å². The molecular weight excluding hydrogens is 214 g/mol. The number of rotatable bonds is 6. The second-order valence-electron chi connectivity index (χ2n) is 4.10. The minimum Gasteiger partial charge on any atom is -0.484 e. The van der Waals surface area contributed by atoms with Crippen LogP contribution < -0.4 is 10.1 Å². The summed E-state index contributed by atoms with van der Waals surface area (Å²) in [5.41, 5.74) is 1.05. The number of unbranched alkanes of at least 4 members (excludes halogenated alkanes) is 1. The zero-order chi connectivity index (χ0) is 11.9. The van der Waals surface area contributed by atoms with Gasteiger partial charge >= 0.3 is 0 Å². The Kier molecular flexibility index (Phi) is 4.36. The first-order chi connectivity index (χ1) is 8.40. The summed E-state index contributed by atoms with van der Waals surface area (Å²) in [6.07, 6.45) is 5.12. The van der Waals surface area contributed by atoms with Crippen LogP contribution in [-0.2, 0) is 6.42 Å². The molecule has 0 atom stereocenters. The zero-order valence-electron chi connectivity index (χ0n) is 10.3. The van der Waals surface area contributed by atoms with Gasteiger partial charge in [0.05, 0.1) is 12.2 Å². The van der Waals surface area contributed by atoms with Gasteiger partial charge in [-0.05, 0) is 25.0 Å². The van der Waals surface area contributed by atoms with Gasteiger partial charge in [0.15, 0.2) is 0 Å². The summed E-state index contributed by atoms with van der Waals surface area (Å²) in [6.45, 7) is 4.48. The zero-order valence-corrected chi connectivity index (χ0v) is 10.3. The molecule has 0 radical (unpaired) electrons. The Morgan fingerprint density at radius 2 is 2.41 bits per heavy atom. The van der Waals surface area contributed by atoms with Crippen molar-refractivity contribution >= 4 is 5.84 Å². The second-order valence-corrected chi connectivity index (χ2v) is 4.10. The molecule has 1 aromatic heterocycles. The number of hydrogen-bond donors (Lipinski definition) is 1. The molecule has 0 amide bonds. The van der Waals surface area contributed by atoms with E-state index in [4.69, 9.17) is 4.74 Å². The lowest BCUT2D eigenvalue weighted by Gasteiger charge is -2.10. The number of pyridine rings is 1. The predicted molar refractivity (Wildman–Crippen MR) is 68.6 cm³/mol. The van der Waals surface area contributed by atoms with E-state index in [1.54, 1.807) is 0 Å². The molecule has 1 aliphatic rings. The number of nitrogens with one attached hydrogen (secondary N) is 1. The summed E-state index contributed by atoms with van der Waals surface area (Å²) in [7, 11) is 0. The molecule has 1 aromatic rings. The van der Waals surface area contributed by atoms with Crippen molar-refractivity contribution in [1.82, 2.24) is 10.3 Å². The lowest BCUT2D eigenvalue weighted by Crippen LogP contribution is -2.25. The van der Waals surface area contributed by atoms with Crippen LogP contribution in [0.1, 0.15) is 25.5 Å². The van der Waals surface area contributed by atoms with Gasteiger partial charge in [-0.3, -0.25) is 9.98 Å². The highest BCUT2D eigenvalue weighted by molar-refractivity contribution is 5.84. The van der Waals surface area contributed by atoms with Crippen molar-refractivity contribution in [3.8, 4) is 5.75 Å². The molecule has 17 heavy (non-hydrogen) atoms. The van der Waals surface area contributed by atoms with E-state index in [1.807, 2.05) is 18.3 Å². The van der Waals surface area contributed by atoms with Crippen LogP contribution in [0.2, 0.25) is 0 Å². The fourth-order valence-electron chi connectivity index (χ4n) is 1.78. The lowest BCUT2D eigenvalue weighted by atomic mass is 10.2. The van der Waals surface area contributed by atoms with Crippen LogP contribution in [0.25, 0.3) is 0 Å². The Morgan fingerprint density at radius 3 is 3.18 bits per heavy atom. The quantitative estimate of drug-likeness (QED) is 0.815. The van der Waals surface area contributed by atoms with Crippen molar-refractivity contribution in [2.24, 2.45) is 4.99 Å². The van der Waals surface area contributed by atoms with Gasteiger partial charge in [0.25, 0.3) is 0 Å². The molecule has 1 N–H and O–H groups in total. The monoisotopic (exact) mass is 233 g/mol. The average Bonchev–Trinajstić information content (AvgIpc) is 2.88. The van der Waals surface area contributed by atoms with Gasteiger partial charge < -0.3 is 10.1 Å². The molecule has 4 heteroatoms. The molecule has 0 saturated heterocycles. The Balaban J connectivity index is 1.94. The van der Waals surface area contributed by atoms with Gasteiger partial charge in [-0.1, -0.05) is 13.3 Å². The summed E-state index contributed by atoms with van der Waals surface area (Å²) in [5.74, 6) is 1.83. The molecule has 2 rings (SSSR count). The molecule has 0 unspecified atom stereocenters. The highest BCUT2D eigenvalue weighted by Gasteiger charge is 2.08. The molecular formula is C13H19N3O. The van der Waals surface area contributed by atoms with Crippen molar-refractivity contribution < 1.29 is 4.74 Å². The van der Waals surface area contributed by atoms with E-state index in [1.165, 1.54) is 6.42 Å². The van der Waals surface area contributed by atoms with Crippen molar-refractivity contribution in [1.29, 1.82) is 0 Å². The molecule has 0 saturated carbocycles. The Bertz CT molecular complexity index is 390. The molecule has 92 valence electrons. The smallest absolute Gasteiger partial charge is 0.145 e. The summed E-state index contributed by atoms with van der Waals surface area (Å²) in [5, 5.41) is 3.19. The van der Waals surface area contributed by atoms with E-state index < -0.39 is 0 Å². The van der Waals surface area contributed by atoms with Crippen molar-refractivity contribution in [3.63, 3.8) is 0 Å². The standard InChI is InChI=1S/C13H19N3O/c1-2-3-5-11-12(6-4-7-14-11)17-10-13-15-8-9-16-13/h4,6-7H,2-3,5,8-10H2,1H3,(H,15,16). The molecule has 1 aliphatic heterocycles. The first-order valence-corrected chi connectivity index (χ1v) is 6.24. The van der Waals surface area contributed by atoms with E-state index in [0.29, 0.717) is 6.61 Å². The third kappa shape index (κ3) is 3.44. The van der Waals surface area contributed by atoms with Crippen LogP contribution in [-0.4, -0.2) is 30.5 Å². The second kappa shape index (κ2) is 6.23. The number of nitrogens with zero attached hydrogens (tertiary/aromatic N) is 2. The first-order valence-electron chi connectivity index (χ1n) is 6.24. The van der Waals surface area contributed by atoms with Crippen molar-refractivity contribution in [2.45, 2.75) is 26.2 Å². The number of hydrogen-bond acceptors (Lipinski definition) is 4. The largest absolute Gasteiger partial charge is 0.484 e. The van der Waals surface area contributed by atoms with Crippen molar-refractivity contribution in [3.05, 3.63) is 24.0 Å². The van der Waals surface area contributed by atoms with Crippen LogP contribution in [0.5, 0.6) is 5.75 Å². The summed E-state index contributed by atoms with van der Waals surface area (Å²) < 4.78 is 5.76. The highest BCUT2D eigenvalue weighted by atomic mass is 16.5. The molecule has 0 aliphatic carbocycles. The van der Waals surface area contributed by atoms with Crippen LogP contribution in [0.3, 0.4) is 0 Å². The highest BCUT2D eigenvalue weighted by Crippen LogP contribution is 2.17. The van der Waals surface area contributed by atoms with Gasteiger partial charge in [0.1, 0.15) is 18.2 Å². The maximum atomic E-state index is 5.76. The van der Waals surface area contributed by atoms with Gasteiger partial charge in [0, 0.05) is 12.7 Å². The van der Waals surface area contributed by atoms with E-state index in [2.05, 4.69) is 22.2 Å². The maximum absolute atomic E-state index is 5.76. The minimum atomic E-state index is 0.519. The number of aromatic nitrogens is 1. The Hall–Kier alpha value is -1.58. The molecule has 2 heterocycles. The van der Waals surface area contributed by atoms with Gasteiger partial charge in [-0.25, -0.2) is 0 Å². The Morgan fingerprint density at radius 1 is 1.47 bits per heavy atom. The number of amidine groups is 1. The van der Waals surface area contributed by atoms with E-state index in [0.717, 1.165) is 43.2 Å². The van der Waals surface area contributed by atoms with Gasteiger partial charge in [0.2, 0.25) is 0 Å². The van der Waals surface area contributed by atoms with E-state index in [9.17, 15) is 0 Å². The van der Waals surface area contributed by atoms with Crippen LogP contribution in [0.15, 0.2) is 23.3 Å². The molecule has 4 nitrogen and oxygen atoms in total. The van der Waals surface area contributed by atoms with Crippen LogP contribution in [0, 0.1) is 0 Å². The first kappa shape index (κ1) is 11.9. The number of ether oxygens (including phenoxy) is 1. The van der Waals surface area contributed by atoms with E-state index in [-0.39, 0.29) is 0 Å². The summed E-state index contributed by atoms with van der Waals surface area (Å²) in [6, 6.07) is 3.89. The van der Waals surface area contributed by atoms with E-state index >= 15 is 0 Å². The van der Waals surface area contributed by atoms with Crippen molar-refractivity contribution in [2.75, 3.05) is 19.7 Å². The minimum absolute atomic E-state index is 0.519. The van der Waals surface area contributed by atoms with Gasteiger partial charge in [-0.2, -0.15) is 0 Å². The fraction of sp³-hybridized carbons (Fsp3) is 0.538. The number of aliphatic imine (C=N–C) groups is 1. The maximum Gasteiger partial charge on any atom is 0.145 e.